The van der Waals surface area contributed by atoms with Crippen molar-refractivity contribution >= 4 is 17.9 Å². The SMILES string of the molecule is O=CC1C(=O)COc2ccccc2C1=O. The van der Waals surface area contributed by atoms with Crippen molar-refractivity contribution in [1.29, 1.82) is 0 Å². The molecule has 1 aromatic rings. The van der Waals surface area contributed by atoms with Gasteiger partial charge < -0.3 is 9.53 Å². The van der Waals surface area contributed by atoms with Crippen molar-refractivity contribution in [2.24, 2.45) is 5.92 Å². The zero-order valence-electron chi connectivity index (χ0n) is 7.80. The summed E-state index contributed by atoms with van der Waals surface area (Å²) in [5.41, 5.74) is 0.292. The molecule has 0 saturated heterocycles. The van der Waals surface area contributed by atoms with E-state index in [1.807, 2.05) is 0 Å². The van der Waals surface area contributed by atoms with Gasteiger partial charge in [0.25, 0.3) is 0 Å². The molecule has 0 radical (unpaired) electrons. The fourth-order valence-corrected chi connectivity index (χ4v) is 1.49. The third kappa shape index (κ3) is 1.54. The summed E-state index contributed by atoms with van der Waals surface area (Å²) in [5.74, 6) is -1.83. The van der Waals surface area contributed by atoms with Crippen LogP contribution >= 0.6 is 0 Å². The number of ether oxygens (including phenoxy) is 1. The van der Waals surface area contributed by atoms with Crippen LogP contribution in [-0.4, -0.2) is 24.5 Å². The molecule has 4 nitrogen and oxygen atoms in total. The van der Waals surface area contributed by atoms with Crippen LogP contribution in [0.15, 0.2) is 24.3 Å². The lowest BCUT2D eigenvalue weighted by molar-refractivity contribution is -0.126. The maximum Gasteiger partial charge on any atom is 0.188 e. The summed E-state index contributed by atoms with van der Waals surface area (Å²) >= 11 is 0. The Morgan fingerprint density at radius 2 is 2.00 bits per heavy atom. The van der Waals surface area contributed by atoms with Gasteiger partial charge in [0, 0.05) is 0 Å². The zero-order chi connectivity index (χ0) is 10.8. The number of benzene rings is 1. The molecule has 1 atom stereocenters. The maximum absolute atomic E-state index is 11.7. The Morgan fingerprint density at radius 1 is 1.27 bits per heavy atom. The number of carbonyl (C=O) groups is 3. The average molecular weight is 204 g/mol. The normalized spacial score (nSPS) is 20.1. The van der Waals surface area contributed by atoms with Crippen molar-refractivity contribution < 1.29 is 19.1 Å². The van der Waals surface area contributed by atoms with E-state index in [4.69, 9.17) is 4.74 Å². The molecule has 0 spiro atoms. The van der Waals surface area contributed by atoms with Crippen LogP contribution in [0.1, 0.15) is 10.4 Å². The predicted molar refractivity (Wildman–Crippen MR) is 50.8 cm³/mol. The second kappa shape index (κ2) is 3.65. The Hall–Kier alpha value is -1.97. The van der Waals surface area contributed by atoms with Crippen molar-refractivity contribution in [3.63, 3.8) is 0 Å². The Balaban J connectivity index is 2.51. The van der Waals surface area contributed by atoms with Gasteiger partial charge in [0.1, 0.15) is 24.6 Å². The second-order valence-corrected chi connectivity index (χ2v) is 3.23. The van der Waals surface area contributed by atoms with E-state index in [-0.39, 0.29) is 6.61 Å². The van der Waals surface area contributed by atoms with Crippen LogP contribution in [0.2, 0.25) is 0 Å². The van der Waals surface area contributed by atoms with Gasteiger partial charge in [-0.25, -0.2) is 0 Å². The maximum atomic E-state index is 11.7. The van der Waals surface area contributed by atoms with E-state index in [1.54, 1.807) is 24.3 Å². The Morgan fingerprint density at radius 3 is 2.73 bits per heavy atom. The standard InChI is InChI=1S/C11H8O4/c12-5-8-9(13)6-15-10-4-2-1-3-7(10)11(8)14/h1-5,8H,6H2. The number of hydrogen-bond donors (Lipinski definition) is 0. The summed E-state index contributed by atoms with van der Waals surface area (Å²) < 4.78 is 5.13. The van der Waals surface area contributed by atoms with Crippen LogP contribution < -0.4 is 4.74 Å². The number of Topliss-reactive ketones (excluding diaryl/α,β-unsaturated/α-hetero) is 2. The van der Waals surface area contributed by atoms with Crippen LogP contribution in [0.4, 0.5) is 0 Å². The van der Waals surface area contributed by atoms with Gasteiger partial charge in [-0.3, -0.25) is 9.59 Å². The Bertz CT molecular complexity index is 436. The molecular weight excluding hydrogens is 196 g/mol. The number of fused-ring (bicyclic) bond motifs is 1. The molecule has 2 rings (SSSR count). The lowest BCUT2D eigenvalue weighted by atomic mass is 9.96. The number of para-hydroxylation sites is 1. The third-order valence-electron chi connectivity index (χ3n) is 2.29. The van der Waals surface area contributed by atoms with Gasteiger partial charge in [0.15, 0.2) is 11.6 Å². The predicted octanol–water partition coefficient (Wildman–Crippen LogP) is 0.646. The van der Waals surface area contributed by atoms with E-state index in [0.29, 0.717) is 17.6 Å². The molecule has 1 aliphatic heterocycles. The van der Waals surface area contributed by atoms with Crippen LogP contribution in [0.3, 0.4) is 0 Å². The minimum absolute atomic E-state index is 0.230. The van der Waals surface area contributed by atoms with Gasteiger partial charge in [-0.1, -0.05) is 12.1 Å². The van der Waals surface area contributed by atoms with Gasteiger partial charge >= 0.3 is 0 Å². The molecule has 1 unspecified atom stereocenters. The lowest BCUT2D eigenvalue weighted by Crippen LogP contribution is -2.26. The van der Waals surface area contributed by atoms with E-state index >= 15 is 0 Å². The molecule has 0 amide bonds. The van der Waals surface area contributed by atoms with E-state index in [1.165, 1.54) is 0 Å². The zero-order valence-corrected chi connectivity index (χ0v) is 7.80. The Labute approximate surface area is 85.8 Å². The fraction of sp³-hybridized carbons (Fsp3) is 0.182. The van der Waals surface area contributed by atoms with Crippen LogP contribution in [0.5, 0.6) is 5.75 Å². The molecule has 0 bridgehead atoms. The summed E-state index contributed by atoms with van der Waals surface area (Å²) in [6.45, 7) is -0.230. The molecule has 0 N–H and O–H groups in total. The molecule has 1 aliphatic rings. The molecule has 0 aliphatic carbocycles. The van der Waals surface area contributed by atoms with Crippen molar-refractivity contribution in [3.8, 4) is 5.75 Å². The minimum Gasteiger partial charge on any atom is -0.485 e. The minimum atomic E-state index is -1.21. The molecule has 0 saturated carbocycles. The number of hydrogen-bond acceptors (Lipinski definition) is 4. The highest BCUT2D eigenvalue weighted by atomic mass is 16.5. The summed E-state index contributed by atoms with van der Waals surface area (Å²) in [6.07, 6.45) is 0.371. The molecule has 76 valence electrons. The average Bonchev–Trinajstić information content (AvgIpc) is 2.38. The lowest BCUT2D eigenvalue weighted by Gasteiger charge is -2.03. The van der Waals surface area contributed by atoms with E-state index < -0.39 is 17.5 Å². The molecule has 15 heavy (non-hydrogen) atoms. The van der Waals surface area contributed by atoms with Gasteiger partial charge in [0.2, 0.25) is 0 Å². The summed E-state index contributed by atoms with van der Waals surface area (Å²) in [7, 11) is 0. The van der Waals surface area contributed by atoms with Gasteiger partial charge in [-0.05, 0) is 12.1 Å². The highest BCUT2D eigenvalue weighted by molar-refractivity contribution is 6.21. The van der Waals surface area contributed by atoms with Crippen molar-refractivity contribution in [3.05, 3.63) is 29.8 Å². The second-order valence-electron chi connectivity index (χ2n) is 3.23. The topological polar surface area (TPSA) is 60.4 Å². The van der Waals surface area contributed by atoms with Crippen LogP contribution in [0.25, 0.3) is 0 Å². The number of rotatable bonds is 1. The molecule has 4 heteroatoms. The highest BCUT2D eigenvalue weighted by Gasteiger charge is 2.32. The Kier molecular flexibility index (Phi) is 2.33. The molecule has 1 aromatic carbocycles. The van der Waals surface area contributed by atoms with Crippen LogP contribution in [0, 0.1) is 5.92 Å². The first-order valence-corrected chi connectivity index (χ1v) is 4.48. The summed E-state index contributed by atoms with van der Waals surface area (Å²) in [4.78, 5) is 33.7. The summed E-state index contributed by atoms with van der Waals surface area (Å²) in [6, 6.07) is 6.52. The van der Waals surface area contributed by atoms with Gasteiger partial charge in [0.05, 0.1) is 5.56 Å². The van der Waals surface area contributed by atoms with E-state index in [2.05, 4.69) is 0 Å². The molecular formula is C11H8O4. The number of ketones is 2. The third-order valence-corrected chi connectivity index (χ3v) is 2.29. The number of aldehydes is 1. The van der Waals surface area contributed by atoms with E-state index in [0.717, 1.165) is 0 Å². The smallest absolute Gasteiger partial charge is 0.188 e. The van der Waals surface area contributed by atoms with Gasteiger partial charge in [-0.2, -0.15) is 0 Å². The first-order valence-electron chi connectivity index (χ1n) is 4.48. The fourth-order valence-electron chi connectivity index (χ4n) is 1.49. The van der Waals surface area contributed by atoms with Crippen molar-refractivity contribution in [2.45, 2.75) is 0 Å². The first-order chi connectivity index (χ1) is 7.24. The number of carbonyl (C=O) groups excluding carboxylic acids is 3. The molecule has 0 aromatic heterocycles. The quantitative estimate of drug-likeness (QED) is 0.497. The molecule has 0 fully saturated rings. The molecule has 1 heterocycles. The summed E-state index contributed by atoms with van der Waals surface area (Å²) in [5, 5.41) is 0. The largest absolute Gasteiger partial charge is 0.485 e. The highest BCUT2D eigenvalue weighted by Crippen LogP contribution is 2.24. The van der Waals surface area contributed by atoms with Crippen LogP contribution in [-0.2, 0) is 9.59 Å². The van der Waals surface area contributed by atoms with Crippen molar-refractivity contribution in [1.82, 2.24) is 0 Å². The van der Waals surface area contributed by atoms with Crippen molar-refractivity contribution in [2.75, 3.05) is 6.61 Å². The van der Waals surface area contributed by atoms with E-state index in [9.17, 15) is 14.4 Å². The first kappa shape index (κ1) is 9.58. The monoisotopic (exact) mass is 204 g/mol. The van der Waals surface area contributed by atoms with Gasteiger partial charge in [-0.15, -0.1) is 0 Å².